The zero-order valence-electron chi connectivity index (χ0n) is 24.0. The molecule has 9 nitrogen and oxygen atoms in total. The van der Waals surface area contributed by atoms with Crippen molar-refractivity contribution in [3.8, 4) is 11.9 Å². The Hall–Kier alpha value is -5.22. The molecular weight excluding hydrogens is 592 g/mol. The maximum absolute atomic E-state index is 14.3. The van der Waals surface area contributed by atoms with Crippen LogP contribution in [0.4, 0.5) is 23.4 Å². The Bertz CT molecular complexity index is 1730. The summed E-state index contributed by atoms with van der Waals surface area (Å²) in [7, 11) is 0. The Kier molecular flexibility index (Phi) is 8.87. The van der Waals surface area contributed by atoms with Gasteiger partial charge >= 0.3 is 6.18 Å². The first-order valence-corrected chi connectivity index (χ1v) is 14.0. The molecule has 2 N–H and O–H groups in total. The third kappa shape index (κ3) is 6.23. The lowest BCUT2D eigenvalue weighted by molar-refractivity contribution is -0.137. The molecule has 2 heterocycles. The molecule has 1 aromatic heterocycles. The summed E-state index contributed by atoms with van der Waals surface area (Å²) in [5, 5.41) is 26.8. The molecule has 4 aromatic rings. The summed E-state index contributed by atoms with van der Waals surface area (Å²) in [6.07, 6.45) is -2.67. The monoisotopic (exact) mass is 620 g/mol. The summed E-state index contributed by atoms with van der Waals surface area (Å²) < 4.78 is 55.9. The number of anilines is 1. The number of aromatic nitrogens is 2. The molecule has 1 aliphatic rings. The number of alkyl halides is 3. The molecule has 2 atom stereocenters. The van der Waals surface area contributed by atoms with Crippen molar-refractivity contribution in [2.24, 2.45) is 0 Å². The number of nitrogens with zero attached hydrogens (tertiary/aromatic N) is 5. The number of rotatable bonds is 9. The van der Waals surface area contributed by atoms with Crippen molar-refractivity contribution in [2.45, 2.75) is 31.6 Å². The molecule has 2 amide bonds. The molecule has 0 fully saturated rings. The van der Waals surface area contributed by atoms with Crippen LogP contribution < -0.4 is 10.2 Å². The van der Waals surface area contributed by atoms with Crippen molar-refractivity contribution in [3.63, 3.8) is 0 Å². The maximum atomic E-state index is 14.3. The van der Waals surface area contributed by atoms with E-state index in [1.54, 1.807) is 35.9 Å². The largest absolute Gasteiger partial charge is 0.416 e. The number of nitriles is 1. The number of aliphatic hydroxyl groups is 1. The Labute approximate surface area is 255 Å². The number of carbonyl (C=O) groups excluding carboxylic acids is 2. The fourth-order valence-corrected chi connectivity index (χ4v) is 5.50. The van der Waals surface area contributed by atoms with E-state index in [-0.39, 0.29) is 31.8 Å². The lowest BCUT2D eigenvalue weighted by Gasteiger charge is -2.38. The van der Waals surface area contributed by atoms with Crippen LogP contribution >= 0.6 is 0 Å². The average molecular weight is 621 g/mol. The number of aliphatic hydroxyl groups excluding tert-OH is 1. The Morgan fingerprint density at radius 2 is 1.80 bits per heavy atom. The predicted molar refractivity (Wildman–Crippen MR) is 156 cm³/mol. The number of hydrogen-bond donors (Lipinski definition) is 2. The van der Waals surface area contributed by atoms with Gasteiger partial charge in [-0.3, -0.25) is 14.5 Å². The topological polar surface area (TPSA) is 114 Å². The quantitative estimate of drug-likeness (QED) is 0.161. The molecule has 0 radical (unpaired) electrons. The van der Waals surface area contributed by atoms with E-state index < -0.39 is 41.3 Å². The number of fused-ring (bicyclic) bond motifs is 1. The molecule has 0 bridgehead atoms. The first-order valence-electron chi connectivity index (χ1n) is 14.0. The molecule has 0 aliphatic carbocycles. The summed E-state index contributed by atoms with van der Waals surface area (Å²) in [6.45, 7) is 1.47. The molecule has 0 saturated carbocycles. The van der Waals surface area contributed by atoms with Gasteiger partial charge in [-0.15, -0.1) is 0 Å². The van der Waals surface area contributed by atoms with Crippen LogP contribution in [0.3, 0.4) is 0 Å². The zero-order valence-corrected chi connectivity index (χ0v) is 24.0. The van der Waals surface area contributed by atoms with E-state index in [0.717, 1.165) is 12.1 Å². The smallest absolute Gasteiger partial charge is 0.395 e. The fourth-order valence-electron chi connectivity index (χ4n) is 5.50. The van der Waals surface area contributed by atoms with Gasteiger partial charge in [0.05, 0.1) is 36.6 Å². The van der Waals surface area contributed by atoms with E-state index in [0.29, 0.717) is 34.4 Å². The second-order valence-corrected chi connectivity index (χ2v) is 10.3. The van der Waals surface area contributed by atoms with Gasteiger partial charge in [0.25, 0.3) is 11.8 Å². The van der Waals surface area contributed by atoms with Crippen molar-refractivity contribution in [2.75, 3.05) is 24.6 Å². The molecule has 13 heteroatoms. The highest BCUT2D eigenvalue weighted by Crippen LogP contribution is 2.44. The van der Waals surface area contributed by atoms with E-state index in [2.05, 4.69) is 5.32 Å². The highest BCUT2D eigenvalue weighted by molar-refractivity contribution is 6.05. The van der Waals surface area contributed by atoms with Crippen LogP contribution in [0, 0.1) is 17.3 Å². The van der Waals surface area contributed by atoms with Crippen molar-refractivity contribution < 1.29 is 32.3 Å². The Morgan fingerprint density at radius 1 is 1.09 bits per heavy atom. The van der Waals surface area contributed by atoms with E-state index in [9.17, 15) is 37.5 Å². The van der Waals surface area contributed by atoms with Crippen molar-refractivity contribution >= 4 is 17.6 Å². The van der Waals surface area contributed by atoms with Crippen LogP contribution in [0.2, 0.25) is 0 Å². The molecule has 232 valence electrons. The second kappa shape index (κ2) is 12.8. The van der Waals surface area contributed by atoms with E-state index in [4.69, 9.17) is 5.10 Å². The normalized spacial score (nSPS) is 16.2. The lowest BCUT2D eigenvalue weighted by Crippen LogP contribution is -2.55. The first kappa shape index (κ1) is 31.2. The van der Waals surface area contributed by atoms with Gasteiger partial charge in [0.1, 0.15) is 17.7 Å². The SMILES string of the molecule is CCN1C(=O)[C@@H](NC(=O)c2cccc(C(F)(F)F)c2)[C@@H](c2ccc(F)cc2)c2c(CN(C#N)CCO)nn(-c3ccccc3)c21. The number of halogens is 4. The summed E-state index contributed by atoms with van der Waals surface area (Å²) in [5.74, 6) is -2.63. The summed E-state index contributed by atoms with van der Waals surface area (Å²) >= 11 is 0. The van der Waals surface area contributed by atoms with Crippen LogP contribution in [-0.2, 0) is 17.5 Å². The van der Waals surface area contributed by atoms with Crippen LogP contribution in [-0.4, -0.2) is 57.3 Å². The van der Waals surface area contributed by atoms with Crippen molar-refractivity contribution in [3.05, 3.63) is 113 Å². The van der Waals surface area contributed by atoms with Crippen LogP contribution in [0.1, 0.15) is 45.6 Å². The van der Waals surface area contributed by atoms with Crippen LogP contribution in [0.5, 0.6) is 0 Å². The molecule has 0 spiro atoms. The van der Waals surface area contributed by atoms with E-state index >= 15 is 0 Å². The van der Waals surface area contributed by atoms with Crippen LogP contribution in [0.25, 0.3) is 5.69 Å². The molecule has 45 heavy (non-hydrogen) atoms. The minimum absolute atomic E-state index is 0.00316. The van der Waals surface area contributed by atoms with Crippen LogP contribution in [0.15, 0.2) is 78.9 Å². The third-order valence-electron chi connectivity index (χ3n) is 7.54. The number of nitrogens with one attached hydrogen (secondary N) is 1. The van der Waals surface area contributed by atoms with Gasteiger partial charge in [-0.2, -0.15) is 23.5 Å². The average Bonchev–Trinajstić information content (AvgIpc) is 3.40. The highest BCUT2D eigenvalue weighted by Gasteiger charge is 2.46. The number of carbonyl (C=O) groups is 2. The van der Waals surface area contributed by atoms with E-state index in [1.807, 2.05) is 12.3 Å². The summed E-state index contributed by atoms with van der Waals surface area (Å²) in [6, 6.07) is 16.8. The molecule has 0 saturated heterocycles. The van der Waals surface area contributed by atoms with Gasteiger partial charge in [0, 0.05) is 23.6 Å². The van der Waals surface area contributed by atoms with Crippen molar-refractivity contribution in [1.82, 2.24) is 20.0 Å². The molecular formula is C32H28F4N6O3. The Balaban J connectivity index is 1.71. The minimum Gasteiger partial charge on any atom is -0.395 e. The fraction of sp³-hybridized carbons (Fsp3) is 0.250. The van der Waals surface area contributed by atoms with Gasteiger partial charge < -0.3 is 15.3 Å². The number of amides is 2. The van der Waals surface area contributed by atoms with Crippen molar-refractivity contribution in [1.29, 1.82) is 5.26 Å². The Morgan fingerprint density at radius 3 is 2.42 bits per heavy atom. The molecule has 1 aliphatic heterocycles. The third-order valence-corrected chi connectivity index (χ3v) is 7.54. The lowest BCUT2D eigenvalue weighted by atomic mass is 9.80. The highest BCUT2D eigenvalue weighted by atomic mass is 19.4. The second-order valence-electron chi connectivity index (χ2n) is 10.3. The predicted octanol–water partition coefficient (Wildman–Crippen LogP) is 4.60. The zero-order chi connectivity index (χ0) is 32.3. The molecule has 0 unspecified atom stereocenters. The summed E-state index contributed by atoms with van der Waals surface area (Å²) in [5.41, 5.74) is 0.506. The molecule has 5 rings (SSSR count). The van der Waals surface area contributed by atoms with Gasteiger partial charge in [-0.25, -0.2) is 9.07 Å². The summed E-state index contributed by atoms with van der Waals surface area (Å²) in [4.78, 5) is 30.4. The maximum Gasteiger partial charge on any atom is 0.416 e. The number of hydrogen-bond acceptors (Lipinski definition) is 6. The minimum atomic E-state index is -4.69. The van der Waals surface area contributed by atoms with Gasteiger partial charge in [-0.05, 0) is 55.0 Å². The van der Waals surface area contributed by atoms with Gasteiger partial charge in [-0.1, -0.05) is 36.4 Å². The standard InChI is InChI=1S/C32H28F4N6O3/c1-2-41-30-27(25(18-40(19-37)15-16-43)39-42(30)24-9-4-3-5-10-24)26(20-11-13-23(33)14-12-20)28(31(41)45)38-29(44)21-7-6-8-22(17-21)32(34,35)36/h3-14,17,26,28,43H,2,15-16,18H2,1H3,(H,38,44)/t26-,28-/m0/s1. The van der Waals surface area contributed by atoms with Gasteiger partial charge in [0.15, 0.2) is 6.19 Å². The van der Waals surface area contributed by atoms with Gasteiger partial charge in [0.2, 0.25) is 0 Å². The van der Waals surface area contributed by atoms with E-state index in [1.165, 1.54) is 40.1 Å². The molecule has 3 aromatic carbocycles. The first-order chi connectivity index (χ1) is 21.6. The number of benzene rings is 3. The number of para-hydroxylation sites is 1. The number of likely N-dealkylation sites (N-methyl/N-ethyl adjacent to an activating group) is 1.